The third kappa shape index (κ3) is 4.35. The van der Waals surface area contributed by atoms with Crippen molar-refractivity contribution in [2.75, 3.05) is 0 Å². The van der Waals surface area contributed by atoms with E-state index in [1.165, 1.54) is 0 Å². The van der Waals surface area contributed by atoms with E-state index in [4.69, 9.17) is 0 Å². The predicted molar refractivity (Wildman–Crippen MR) is 50.1 cm³/mol. The Bertz CT molecular complexity index is 276. The van der Waals surface area contributed by atoms with Crippen LogP contribution in [-0.2, 0) is 13.6 Å². The van der Waals surface area contributed by atoms with Crippen LogP contribution in [-0.4, -0.2) is 10.5 Å². The number of hydrogen-bond acceptors (Lipinski definition) is 0. The van der Waals surface area contributed by atoms with E-state index in [1.807, 2.05) is 34.9 Å². The molecule has 0 aliphatic heterocycles. The van der Waals surface area contributed by atoms with Gasteiger partial charge in [0.05, 0.1) is 13.6 Å². The topological polar surface area (TPSA) is 8.81 Å². The number of nitrogens with zero attached hydrogens (tertiary/aromatic N) is 2. The van der Waals surface area contributed by atoms with Crippen molar-refractivity contribution in [2.45, 2.75) is 38.7 Å². The standard InChI is InChI=1S/C10H17F2N2/c1-10(11,12)5-3-4-6-14-8-7-13(2)9-14/h7-9H,3-6H2,1-2H3/q+1. The highest BCUT2D eigenvalue weighted by atomic mass is 19.3. The van der Waals surface area contributed by atoms with Crippen molar-refractivity contribution < 1.29 is 13.3 Å². The molecule has 0 bridgehead atoms. The molecule has 0 radical (unpaired) electrons. The fourth-order valence-electron chi connectivity index (χ4n) is 1.36. The molecule has 0 saturated heterocycles. The lowest BCUT2D eigenvalue weighted by Crippen LogP contribution is -2.23. The molecule has 0 aliphatic rings. The molecule has 0 spiro atoms. The summed E-state index contributed by atoms with van der Waals surface area (Å²) in [4.78, 5) is 0. The summed E-state index contributed by atoms with van der Waals surface area (Å²) in [6.07, 6.45) is 7.20. The molecular formula is C10H17F2N2+. The third-order valence-corrected chi connectivity index (χ3v) is 2.11. The van der Waals surface area contributed by atoms with Gasteiger partial charge in [0, 0.05) is 6.42 Å². The molecule has 1 aromatic heterocycles. The molecule has 80 valence electrons. The summed E-state index contributed by atoms with van der Waals surface area (Å²) in [6.45, 7) is 1.79. The van der Waals surface area contributed by atoms with Crippen molar-refractivity contribution in [1.29, 1.82) is 0 Å². The van der Waals surface area contributed by atoms with Crippen LogP contribution in [0.5, 0.6) is 0 Å². The Morgan fingerprint density at radius 1 is 1.36 bits per heavy atom. The zero-order valence-corrected chi connectivity index (χ0v) is 8.71. The lowest BCUT2D eigenvalue weighted by atomic mass is 10.1. The summed E-state index contributed by atoms with van der Waals surface area (Å²) in [5, 5.41) is 0. The molecule has 2 nitrogen and oxygen atoms in total. The van der Waals surface area contributed by atoms with Crippen LogP contribution in [0.15, 0.2) is 18.7 Å². The molecule has 1 rings (SSSR count). The van der Waals surface area contributed by atoms with Crippen LogP contribution in [0.4, 0.5) is 8.78 Å². The van der Waals surface area contributed by atoms with E-state index in [-0.39, 0.29) is 6.42 Å². The SMILES string of the molecule is C[n+]1ccn(CCCCC(C)(F)F)c1. The van der Waals surface area contributed by atoms with E-state index < -0.39 is 5.92 Å². The first-order valence-corrected chi connectivity index (χ1v) is 4.86. The number of rotatable bonds is 5. The minimum absolute atomic E-state index is 0.0135. The van der Waals surface area contributed by atoms with Crippen molar-refractivity contribution in [2.24, 2.45) is 7.05 Å². The maximum absolute atomic E-state index is 12.4. The number of aromatic nitrogens is 2. The molecule has 0 atom stereocenters. The third-order valence-electron chi connectivity index (χ3n) is 2.11. The van der Waals surface area contributed by atoms with Gasteiger partial charge in [-0.1, -0.05) is 0 Å². The Hall–Kier alpha value is -0.930. The molecule has 0 fully saturated rings. The number of aryl methyl sites for hydroxylation is 2. The molecule has 0 aromatic carbocycles. The van der Waals surface area contributed by atoms with Crippen LogP contribution in [0, 0.1) is 0 Å². The largest absolute Gasteiger partial charge is 0.245 e. The second-order valence-corrected chi connectivity index (χ2v) is 3.84. The molecule has 0 N–H and O–H groups in total. The first-order chi connectivity index (χ1) is 6.47. The second kappa shape index (κ2) is 4.53. The maximum atomic E-state index is 12.4. The van der Waals surface area contributed by atoms with Gasteiger partial charge < -0.3 is 0 Å². The molecule has 0 unspecified atom stereocenters. The number of alkyl halides is 2. The zero-order chi connectivity index (χ0) is 10.6. The molecule has 1 aromatic rings. The summed E-state index contributed by atoms with van der Waals surface area (Å²) >= 11 is 0. The maximum Gasteiger partial charge on any atom is 0.245 e. The lowest BCUT2D eigenvalue weighted by molar-refractivity contribution is -0.671. The number of unbranched alkanes of at least 4 members (excludes halogenated alkanes) is 1. The number of hydrogen-bond donors (Lipinski definition) is 0. The number of halogens is 2. The summed E-state index contributed by atoms with van der Waals surface area (Å²) in [5.41, 5.74) is 0. The molecule has 14 heavy (non-hydrogen) atoms. The van der Waals surface area contributed by atoms with Gasteiger partial charge in [-0.15, -0.1) is 0 Å². The van der Waals surface area contributed by atoms with E-state index in [9.17, 15) is 8.78 Å². The Morgan fingerprint density at radius 3 is 2.57 bits per heavy atom. The van der Waals surface area contributed by atoms with Gasteiger partial charge in [0.1, 0.15) is 12.4 Å². The summed E-state index contributed by atoms with van der Waals surface area (Å²) < 4.78 is 28.8. The minimum atomic E-state index is -2.51. The summed E-state index contributed by atoms with van der Waals surface area (Å²) in [7, 11) is 1.94. The van der Waals surface area contributed by atoms with Crippen LogP contribution in [0.1, 0.15) is 26.2 Å². The molecule has 0 amide bonds. The van der Waals surface area contributed by atoms with Gasteiger partial charge in [-0.05, 0) is 19.8 Å². The highest BCUT2D eigenvalue weighted by Crippen LogP contribution is 2.19. The van der Waals surface area contributed by atoms with Gasteiger partial charge in [-0.2, -0.15) is 0 Å². The van der Waals surface area contributed by atoms with E-state index in [0.717, 1.165) is 19.9 Å². The van der Waals surface area contributed by atoms with Crippen molar-refractivity contribution in [3.8, 4) is 0 Å². The quantitative estimate of drug-likeness (QED) is 0.512. The van der Waals surface area contributed by atoms with E-state index in [1.54, 1.807) is 0 Å². The minimum Gasteiger partial charge on any atom is -0.240 e. The van der Waals surface area contributed by atoms with E-state index in [2.05, 4.69) is 0 Å². The highest BCUT2D eigenvalue weighted by Gasteiger charge is 2.19. The average molecular weight is 203 g/mol. The summed E-state index contributed by atoms with van der Waals surface area (Å²) in [6, 6.07) is 0. The highest BCUT2D eigenvalue weighted by molar-refractivity contribution is 4.66. The normalized spacial score (nSPS) is 12.0. The van der Waals surface area contributed by atoms with E-state index >= 15 is 0 Å². The predicted octanol–water partition coefficient (Wildman–Crippen LogP) is 2.14. The molecule has 0 aliphatic carbocycles. The van der Waals surface area contributed by atoms with Gasteiger partial charge in [-0.3, -0.25) is 0 Å². The number of imidazole rings is 1. The fraction of sp³-hybridized carbons (Fsp3) is 0.700. The second-order valence-electron chi connectivity index (χ2n) is 3.84. The molecule has 4 heteroatoms. The van der Waals surface area contributed by atoms with Crippen molar-refractivity contribution in [3.63, 3.8) is 0 Å². The smallest absolute Gasteiger partial charge is 0.240 e. The van der Waals surface area contributed by atoms with Crippen LogP contribution >= 0.6 is 0 Å². The van der Waals surface area contributed by atoms with Gasteiger partial charge in [0.2, 0.25) is 12.2 Å². The molecule has 0 saturated carbocycles. The Morgan fingerprint density at radius 2 is 2.07 bits per heavy atom. The van der Waals surface area contributed by atoms with Crippen LogP contribution in [0.25, 0.3) is 0 Å². The van der Waals surface area contributed by atoms with Crippen molar-refractivity contribution >= 4 is 0 Å². The van der Waals surface area contributed by atoms with Gasteiger partial charge >= 0.3 is 0 Å². The van der Waals surface area contributed by atoms with Gasteiger partial charge in [-0.25, -0.2) is 17.9 Å². The average Bonchev–Trinajstić information content (AvgIpc) is 2.44. The lowest BCUT2D eigenvalue weighted by Gasteiger charge is -2.08. The van der Waals surface area contributed by atoms with Gasteiger partial charge in [0.15, 0.2) is 0 Å². The van der Waals surface area contributed by atoms with Crippen molar-refractivity contribution in [3.05, 3.63) is 18.7 Å². The molecular weight excluding hydrogens is 186 g/mol. The Kier molecular flexibility index (Phi) is 3.61. The Labute approximate surface area is 83.2 Å². The first kappa shape index (κ1) is 11.1. The van der Waals surface area contributed by atoms with E-state index in [0.29, 0.717) is 6.42 Å². The first-order valence-electron chi connectivity index (χ1n) is 4.86. The molecule has 1 heterocycles. The van der Waals surface area contributed by atoms with Crippen LogP contribution < -0.4 is 4.57 Å². The van der Waals surface area contributed by atoms with Gasteiger partial charge in [0.25, 0.3) is 0 Å². The van der Waals surface area contributed by atoms with Crippen LogP contribution in [0.2, 0.25) is 0 Å². The van der Waals surface area contributed by atoms with Crippen LogP contribution in [0.3, 0.4) is 0 Å². The Balaban J connectivity index is 2.16. The van der Waals surface area contributed by atoms with Crippen molar-refractivity contribution in [1.82, 2.24) is 4.57 Å². The zero-order valence-electron chi connectivity index (χ0n) is 8.71. The summed E-state index contributed by atoms with van der Waals surface area (Å²) in [5.74, 6) is -2.51. The monoisotopic (exact) mass is 203 g/mol. The fourth-order valence-corrected chi connectivity index (χ4v) is 1.36.